The van der Waals surface area contributed by atoms with Crippen molar-refractivity contribution in [3.63, 3.8) is 0 Å². The van der Waals surface area contributed by atoms with Crippen LogP contribution in [0.15, 0.2) is 109 Å². The Balaban J connectivity index is 1.39. The van der Waals surface area contributed by atoms with E-state index in [4.69, 9.17) is 9.47 Å². The summed E-state index contributed by atoms with van der Waals surface area (Å²) in [6.07, 6.45) is 4.82. The Labute approximate surface area is 235 Å². The van der Waals surface area contributed by atoms with Crippen molar-refractivity contribution >= 4 is 16.8 Å². The third kappa shape index (κ3) is 5.59. The van der Waals surface area contributed by atoms with Gasteiger partial charge in [0.15, 0.2) is 0 Å². The molecule has 6 rings (SSSR count). The van der Waals surface area contributed by atoms with Crippen LogP contribution in [-0.4, -0.2) is 35.6 Å². The number of fused-ring (bicyclic) bond motifs is 1. The molecule has 5 nitrogen and oxygen atoms in total. The average Bonchev–Trinajstić information content (AvgIpc) is 3.66. The minimum atomic E-state index is -0.102. The molecule has 1 amide bonds. The molecule has 202 valence electrons. The van der Waals surface area contributed by atoms with Crippen molar-refractivity contribution < 1.29 is 14.3 Å². The van der Waals surface area contributed by atoms with Gasteiger partial charge in [-0.3, -0.25) is 4.79 Å². The van der Waals surface area contributed by atoms with E-state index in [0.29, 0.717) is 6.42 Å². The highest BCUT2D eigenvalue weighted by molar-refractivity contribution is 5.87. The summed E-state index contributed by atoms with van der Waals surface area (Å²) in [6, 6.07) is 34.7. The second kappa shape index (κ2) is 11.7. The van der Waals surface area contributed by atoms with E-state index < -0.39 is 0 Å². The predicted molar refractivity (Wildman–Crippen MR) is 159 cm³/mol. The van der Waals surface area contributed by atoms with Crippen LogP contribution in [0.1, 0.15) is 41.9 Å². The normalized spacial score (nSPS) is 13.9. The van der Waals surface area contributed by atoms with Gasteiger partial charge in [-0.05, 0) is 72.0 Å². The SMILES string of the molecule is COc1ccc(Cn2cc([C@@H](CC(=O)N3CCCC3)c3cccc(Oc4ccccc4)c3)c3ccccc32)cc1. The van der Waals surface area contributed by atoms with Gasteiger partial charge in [-0.15, -0.1) is 0 Å². The molecule has 0 aliphatic carbocycles. The van der Waals surface area contributed by atoms with E-state index in [-0.39, 0.29) is 11.8 Å². The lowest BCUT2D eigenvalue weighted by molar-refractivity contribution is -0.130. The fourth-order valence-corrected chi connectivity index (χ4v) is 5.71. The number of rotatable bonds is 9. The molecule has 1 saturated heterocycles. The summed E-state index contributed by atoms with van der Waals surface area (Å²) in [5, 5.41) is 1.17. The van der Waals surface area contributed by atoms with Crippen molar-refractivity contribution in [3.05, 3.63) is 126 Å². The largest absolute Gasteiger partial charge is 0.497 e. The number of ether oxygens (including phenoxy) is 2. The fourth-order valence-electron chi connectivity index (χ4n) is 5.71. The maximum atomic E-state index is 13.5. The zero-order chi connectivity index (χ0) is 27.3. The van der Waals surface area contributed by atoms with Crippen LogP contribution < -0.4 is 9.47 Å². The van der Waals surface area contributed by atoms with Crippen LogP contribution in [0, 0.1) is 0 Å². The van der Waals surface area contributed by atoms with Gasteiger partial charge >= 0.3 is 0 Å². The number of amides is 1. The van der Waals surface area contributed by atoms with Gasteiger partial charge in [0.1, 0.15) is 17.2 Å². The van der Waals surface area contributed by atoms with Crippen LogP contribution >= 0.6 is 0 Å². The maximum Gasteiger partial charge on any atom is 0.223 e. The third-order valence-electron chi connectivity index (χ3n) is 7.78. The monoisotopic (exact) mass is 530 g/mol. The zero-order valence-electron chi connectivity index (χ0n) is 22.8. The lowest BCUT2D eigenvalue weighted by atomic mass is 9.87. The summed E-state index contributed by atoms with van der Waals surface area (Å²) in [4.78, 5) is 15.6. The second-order valence-corrected chi connectivity index (χ2v) is 10.4. The quantitative estimate of drug-likeness (QED) is 0.197. The lowest BCUT2D eigenvalue weighted by Crippen LogP contribution is -2.29. The van der Waals surface area contributed by atoms with E-state index in [1.54, 1.807) is 7.11 Å². The predicted octanol–water partition coefficient (Wildman–Crippen LogP) is 7.63. The number of nitrogens with zero attached hydrogens (tertiary/aromatic N) is 2. The number of carbonyl (C=O) groups excluding carboxylic acids is 1. The number of para-hydroxylation sites is 2. The second-order valence-electron chi connectivity index (χ2n) is 10.4. The van der Waals surface area contributed by atoms with Crippen molar-refractivity contribution in [2.45, 2.75) is 31.7 Å². The topological polar surface area (TPSA) is 43.7 Å². The first-order valence-electron chi connectivity index (χ1n) is 14.0. The first kappa shape index (κ1) is 25.8. The molecular weight excluding hydrogens is 496 g/mol. The highest BCUT2D eigenvalue weighted by Gasteiger charge is 2.27. The molecule has 1 aromatic heterocycles. The molecule has 1 atom stereocenters. The van der Waals surface area contributed by atoms with Gasteiger partial charge in [0.2, 0.25) is 5.91 Å². The molecule has 0 N–H and O–H groups in total. The summed E-state index contributed by atoms with van der Waals surface area (Å²) < 4.78 is 13.8. The maximum absolute atomic E-state index is 13.5. The van der Waals surface area contributed by atoms with Gasteiger partial charge in [0.05, 0.1) is 7.11 Å². The first-order chi connectivity index (χ1) is 19.7. The van der Waals surface area contributed by atoms with Crippen molar-refractivity contribution in [2.75, 3.05) is 20.2 Å². The third-order valence-corrected chi connectivity index (χ3v) is 7.78. The smallest absolute Gasteiger partial charge is 0.223 e. The van der Waals surface area contributed by atoms with Gasteiger partial charge in [-0.1, -0.05) is 60.7 Å². The number of benzene rings is 4. The molecule has 2 heterocycles. The standard InChI is InChI=1S/C35H34N2O3/c1-39-28-18-16-26(17-19-28)24-37-25-33(31-14-5-6-15-34(31)37)32(23-35(38)36-20-7-8-21-36)27-10-9-13-30(22-27)40-29-11-3-2-4-12-29/h2-6,9-19,22,25,32H,7-8,20-21,23-24H2,1H3/t32-/m0/s1. The van der Waals surface area contributed by atoms with Crippen LogP contribution in [0.3, 0.4) is 0 Å². The lowest BCUT2D eigenvalue weighted by Gasteiger charge is -2.22. The average molecular weight is 531 g/mol. The number of carbonyl (C=O) groups is 1. The molecule has 1 aliphatic heterocycles. The Bertz CT molecular complexity index is 1580. The Kier molecular flexibility index (Phi) is 7.53. The highest BCUT2D eigenvalue weighted by Crippen LogP contribution is 2.37. The minimum Gasteiger partial charge on any atom is -0.497 e. The fraction of sp³-hybridized carbons (Fsp3) is 0.229. The van der Waals surface area contributed by atoms with Gasteiger partial charge in [0.25, 0.3) is 0 Å². The van der Waals surface area contributed by atoms with E-state index in [9.17, 15) is 4.79 Å². The molecule has 1 fully saturated rings. The van der Waals surface area contributed by atoms with Crippen LogP contribution in [0.25, 0.3) is 10.9 Å². The molecule has 0 bridgehead atoms. The van der Waals surface area contributed by atoms with E-state index in [0.717, 1.165) is 66.4 Å². The minimum absolute atomic E-state index is 0.102. The van der Waals surface area contributed by atoms with Crippen molar-refractivity contribution in [1.82, 2.24) is 9.47 Å². The van der Waals surface area contributed by atoms with Crippen molar-refractivity contribution in [2.24, 2.45) is 0 Å². The van der Waals surface area contributed by atoms with Gasteiger partial charge < -0.3 is 18.9 Å². The molecular formula is C35H34N2O3. The zero-order valence-corrected chi connectivity index (χ0v) is 22.8. The molecule has 0 unspecified atom stereocenters. The molecule has 0 saturated carbocycles. The number of aromatic nitrogens is 1. The number of hydrogen-bond donors (Lipinski definition) is 0. The Morgan fingerprint density at radius 3 is 2.30 bits per heavy atom. The van der Waals surface area contributed by atoms with E-state index in [1.807, 2.05) is 59.5 Å². The Morgan fingerprint density at radius 2 is 1.52 bits per heavy atom. The molecule has 0 radical (unpaired) electrons. The summed E-state index contributed by atoms with van der Waals surface area (Å²) >= 11 is 0. The molecule has 5 aromatic rings. The Morgan fingerprint density at radius 1 is 0.800 bits per heavy atom. The van der Waals surface area contributed by atoms with Crippen molar-refractivity contribution in [3.8, 4) is 17.2 Å². The molecule has 1 aliphatic rings. The molecule has 0 spiro atoms. The van der Waals surface area contributed by atoms with E-state index >= 15 is 0 Å². The number of hydrogen-bond acceptors (Lipinski definition) is 3. The van der Waals surface area contributed by atoms with Crippen molar-refractivity contribution in [1.29, 1.82) is 0 Å². The van der Waals surface area contributed by atoms with E-state index in [1.165, 1.54) is 10.9 Å². The van der Waals surface area contributed by atoms with E-state index in [2.05, 4.69) is 59.3 Å². The highest BCUT2D eigenvalue weighted by atomic mass is 16.5. The summed E-state index contributed by atoms with van der Waals surface area (Å²) in [5.41, 5.74) is 4.58. The van der Waals surface area contributed by atoms with Crippen LogP contribution in [0.4, 0.5) is 0 Å². The van der Waals surface area contributed by atoms with Crippen LogP contribution in [-0.2, 0) is 11.3 Å². The molecule has 4 aromatic carbocycles. The molecule has 5 heteroatoms. The van der Waals surface area contributed by atoms with Crippen LogP contribution in [0.2, 0.25) is 0 Å². The molecule has 40 heavy (non-hydrogen) atoms. The summed E-state index contributed by atoms with van der Waals surface area (Å²) in [5.74, 6) is 2.52. The Hall–Kier alpha value is -4.51. The van der Waals surface area contributed by atoms with Crippen LogP contribution in [0.5, 0.6) is 17.2 Å². The van der Waals surface area contributed by atoms with Gasteiger partial charge in [0, 0.05) is 49.1 Å². The summed E-state index contributed by atoms with van der Waals surface area (Å²) in [7, 11) is 1.68. The number of methoxy groups -OCH3 is 1. The first-order valence-corrected chi connectivity index (χ1v) is 14.0. The number of likely N-dealkylation sites (tertiary alicyclic amines) is 1. The summed E-state index contributed by atoms with van der Waals surface area (Å²) in [6.45, 7) is 2.43. The van der Waals surface area contributed by atoms with Gasteiger partial charge in [-0.25, -0.2) is 0 Å². The van der Waals surface area contributed by atoms with Gasteiger partial charge in [-0.2, -0.15) is 0 Å².